The fourth-order valence-corrected chi connectivity index (χ4v) is 4.80. The number of fused-ring (bicyclic) bond motifs is 1. The number of alkyl halides is 3. The third-order valence-electron chi connectivity index (χ3n) is 6.22. The molecule has 0 aliphatic carbocycles. The summed E-state index contributed by atoms with van der Waals surface area (Å²) < 4.78 is 55.9. The molecule has 3 aromatic carbocycles. The van der Waals surface area contributed by atoms with Gasteiger partial charge in [-0.15, -0.1) is 0 Å². The molecule has 7 heteroatoms. The van der Waals surface area contributed by atoms with Gasteiger partial charge in [-0.2, -0.15) is 13.2 Å². The van der Waals surface area contributed by atoms with E-state index in [0.717, 1.165) is 10.5 Å². The standard InChI is InChI=1S/C26H24F4N2O/c1-24(2,18-9-5-3-6-10-18)16-25(19-11-7-4-8-12-19)21-15-20(27)13-14-22(21)31-23(33)32(25)17-26(28,29)30/h3-15H,16-17H2,1-2H3,(H,31,33). The molecule has 1 aliphatic heterocycles. The smallest absolute Gasteiger partial charge is 0.307 e. The second kappa shape index (κ2) is 8.21. The molecule has 3 aromatic rings. The van der Waals surface area contributed by atoms with Gasteiger partial charge in [0.25, 0.3) is 0 Å². The van der Waals surface area contributed by atoms with Crippen molar-refractivity contribution in [2.75, 3.05) is 11.9 Å². The number of halogens is 4. The summed E-state index contributed by atoms with van der Waals surface area (Å²) in [5.74, 6) is -0.588. The normalized spacial score (nSPS) is 18.6. The predicted octanol–water partition coefficient (Wildman–Crippen LogP) is 6.85. The predicted molar refractivity (Wildman–Crippen MR) is 119 cm³/mol. The first kappa shape index (κ1) is 22.8. The number of carbonyl (C=O) groups is 1. The van der Waals surface area contributed by atoms with E-state index in [1.807, 2.05) is 44.2 Å². The van der Waals surface area contributed by atoms with Gasteiger partial charge in [0.15, 0.2) is 0 Å². The Morgan fingerprint density at radius 1 is 0.909 bits per heavy atom. The van der Waals surface area contributed by atoms with E-state index in [1.165, 1.54) is 18.2 Å². The number of carbonyl (C=O) groups excluding carboxylic acids is 1. The van der Waals surface area contributed by atoms with Crippen LogP contribution in [-0.4, -0.2) is 23.7 Å². The van der Waals surface area contributed by atoms with Crippen LogP contribution in [0.15, 0.2) is 78.9 Å². The summed E-state index contributed by atoms with van der Waals surface area (Å²) >= 11 is 0. The lowest BCUT2D eigenvalue weighted by molar-refractivity contribution is -0.149. The number of amides is 2. The minimum absolute atomic E-state index is 0.105. The molecule has 0 radical (unpaired) electrons. The second-order valence-electron chi connectivity index (χ2n) is 8.97. The zero-order chi connectivity index (χ0) is 23.9. The molecular formula is C26H24F4N2O. The molecule has 33 heavy (non-hydrogen) atoms. The summed E-state index contributed by atoms with van der Waals surface area (Å²) in [6.45, 7) is 2.36. The van der Waals surface area contributed by atoms with Crippen molar-refractivity contribution in [3.8, 4) is 0 Å². The van der Waals surface area contributed by atoms with Crippen LogP contribution in [0.1, 0.15) is 37.0 Å². The van der Waals surface area contributed by atoms with Crippen molar-refractivity contribution in [2.45, 2.75) is 37.4 Å². The number of anilines is 1. The number of hydrogen-bond acceptors (Lipinski definition) is 1. The van der Waals surface area contributed by atoms with Crippen molar-refractivity contribution in [3.63, 3.8) is 0 Å². The SMILES string of the molecule is CC(C)(CC1(c2ccccc2)c2cc(F)ccc2NC(=O)N1CC(F)(F)F)c1ccccc1. The van der Waals surface area contributed by atoms with Gasteiger partial charge in [0, 0.05) is 11.3 Å². The first-order chi connectivity index (χ1) is 15.5. The zero-order valence-electron chi connectivity index (χ0n) is 18.3. The highest BCUT2D eigenvalue weighted by atomic mass is 19.4. The highest BCUT2D eigenvalue weighted by Gasteiger charge is 2.53. The van der Waals surface area contributed by atoms with Crippen LogP contribution >= 0.6 is 0 Å². The molecule has 0 saturated heterocycles. The first-order valence-corrected chi connectivity index (χ1v) is 10.6. The van der Waals surface area contributed by atoms with Crippen molar-refractivity contribution in [1.29, 1.82) is 0 Å². The van der Waals surface area contributed by atoms with Gasteiger partial charge in [-0.05, 0) is 41.2 Å². The number of nitrogens with zero attached hydrogens (tertiary/aromatic N) is 1. The van der Waals surface area contributed by atoms with Crippen LogP contribution in [-0.2, 0) is 11.0 Å². The third kappa shape index (κ3) is 4.32. The van der Waals surface area contributed by atoms with Gasteiger partial charge in [-0.3, -0.25) is 0 Å². The summed E-state index contributed by atoms with van der Waals surface area (Å²) in [5, 5.41) is 2.53. The van der Waals surface area contributed by atoms with Crippen LogP contribution in [0.3, 0.4) is 0 Å². The van der Waals surface area contributed by atoms with Crippen LogP contribution in [0.4, 0.5) is 28.0 Å². The number of benzene rings is 3. The molecule has 1 heterocycles. The molecule has 0 fully saturated rings. The molecule has 0 spiro atoms. The minimum Gasteiger partial charge on any atom is -0.307 e. The van der Waals surface area contributed by atoms with Crippen LogP contribution in [0.2, 0.25) is 0 Å². The molecule has 0 saturated carbocycles. The van der Waals surface area contributed by atoms with Crippen molar-refractivity contribution in [1.82, 2.24) is 4.90 Å². The molecule has 1 unspecified atom stereocenters. The number of nitrogens with one attached hydrogen (secondary N) is 1. The lowest BCUT2D eigenvalue weighted by Gasteiger charge is -2.51. The Bertz CT molecular complexity index is 1150. The molecule has 4 rings (SSSR count). The molecule has 0 bridgehead atoms. The molecule has 2 amide bonds. The number of urea groups is 1. The van der Waals surface area contributed by atoms with E-state index in [0.29, 0.717) is 16.8 Å². The van der Waals surface area contributed by atoms with E-state index in [2.05, 4.69) is 5.32 Å². The third-order valence-corrected chi connectivity index (χ3v) is 6.22. The zero-order valence-corrected chi connectivity index (χ0v) is 18.3. The van der Waals surface area contributed by atoms with Crippen molar-refractivity contribution in [2.24, 2.45) is 0 Å². The van der Waals surface area contributed by atoms with Crippen molar-refractivity contribution < 1.29 is 22.4 Å². The van der Waals surface area contributed by atoms with Gasteiger partial charge in [0.05, 0.1) is 5.54 Å². The summed E-state index contributed by atoms with van der Waals surface area (Å²) in [6.07, 6.45) is -4.55. The van der Waals surface area contributed by atoms with Crippen molar-refractivity contribution in [3.05, 3.63) is 101 Å². The van der Waals surface area contributed by atoms with Gasteiger partial charge >= 0.3 is 12.2 Å². The van der Waals surface area contributed by atoms with E-state index in [4.69, 9.17) is 0 Å². The Balaban J connectivity index is 2.03. The molecular weight excluding hydrogens is 432 g/mol. The highest BCUT2D eigenvalue weighted by molar-refractivity contribution is 5.94. The monoisotopic (exact) mass is 456 g/mol. The number of hydrogen-bond donors (Lipinski definition) is 1. The maximum atomic E-state index is 14.5. The average Bonchev–Trinajstić information content (AvgIpc) is 2.77. The summed E-state index contributed by atoms with van der Waals surface area (Å²) in [4.78, 5) is 14.0. The fraction of sp³-hybridized carbons (Fsp3) is 0.269. The molecule has 0 aromatic heterocycles. The van der Waals surface area contributed by atoms with Crippen LogP contribution < -0.4 is 5.32 Å². The molecule has 1 atom stereocenters. The maximum Gasteiger partial charge on any atom is 0.406 e. The summed E-state index contributed by atoms with van der Waals surface area (Å²) in [7, 11) is 0. The second-order valence-corrected chi connectivity index (χ2v) is 8.97. The number of rotatable bonds is 5. The molecule has 1 N–H and O–H groups in total. The van der Waals surface area contributed by atoms with E-state index < -0.39 is 35.5 Å². The fourth-order valence-electron chi connectivity index (χ4n) is 4.80. The van der Waals surface area contributed by atoms with Crippen LogP contribution in [0.5, 0.6) is 0 Å². The topological polar surface area (TPSA) is 32.3 Å². The van der Waals surface area contributed by atoms with E-state index in [9.17, 15) is 22.4 Å². The lowest BCUT2D eigenvalue weighted by atomic mass is 9.66. The Morgan fingerprint density at radius 3 is 2.12 bits per heavy atom. The first-order valence-electron chi connectivity index (χ1n) is 10.6. The van der Waals surface area contributed by atoms with Gasteiger partial charge < -0.3 is 10.2 Å². The van der Waals surface area contributed by atoms with Gasteiger partial charge in [-0.25, -0.2) is 9.18 Å². The van der Waals surface area contributed by atoms with E-state index in [1.54, 1.807) is 30.3 Å². The van der Waals surface area contributed by atoms with Gasteiger partial charge in [0.2, 0.25) is 0 Å². The Kier molecular flexibility index (Phi) is 5.68. The quantitative estimate of drug-likeness (QED) is 0.419. The lowest BCUT2D eigenvalue weighted by Crippen LogP contribution is -2.59. The Hall–Kier alpha value is -3.35. The van der Waals surface area contributed by atoms with E-state index >= 15 is 0 Å². The maximum absolute atomic E-state index is 14.5. The largest absolute Gasteiger partial charge is 0.406 e. The molecule has 3 nitrogen and oxygen atoms in total. The average molecular weight is 456 g/mol. The van der Waals surface area contributed by atoms with Gasteiger partial charge in [0.1, 0.15) is 12.4 Å². The van der Waals surface area contributed by atoms with Crippen LogP contribution in [0, 0.1) is 5.82 Å². The van der Waals surface area contributed by atoms with Gasteiger partial charge in [-0.1, -0.05) is 74.5 Å². The summed E-state index contributed by atoms with van der Waals surface area (Å²) in [6, 6.07) is 20.9. The highest BCUT2D eigenvalue weighted by Crippen LogP contribution is 2.51. The molecule has 1 aliphatic rings. The minimum atomic E-state index is -4.65. The van der Waals surface area contributed by atoms with Crippen LogP contribution in [0.25, 0.3) is 0 Å². The van der Waals surface area contributed by atoms with E-state index in [-0.39, 0.29) is 6.42 Å². The summed E-state index contributed by atoms with van der Waals surface area (Å²) in [5.41, 5.74) is -0.247. The Morgan fingerprint density at radius 2 is 1.52 bits per heavy atom. The van der Waals surface area contributed by atoms with Crippen molar-refractivity contribution >= 4 is 11.7 Å². The molecule has 172 valence electrons. The Labute approximate surface area is 190 Å².